The van der Waals surface area contributed by atoms with Crippen LogP contribution in [0.5, 0.6) is 11.5 Å². The van der Waals surface area contributed by atoms with E-state index in [1.54, 1.807) is 46.1 Å². The Morgan fingerprint density at radius 1 is 1.00 bits per heavy atom. The van der Waals surface area contributed by atoms with Gasteiger partial charge in [0.1, 0.15) is 16.4 Å². The number of hydrogen-bond donors (Lipinski definition) is 0. The summed E-state index contributed by atoms with van der Waals surface area (Å²) in [4.78, 5) is 0.124. The van der Waals surface area contributed by atoms with Crippen molar-refractivity contribution in [1.29, 1.82) is 0 Å². The highest BCUT2D eigenvalue weighted by Gasteiger charge is 2.22. The van der Waals surface area contributed by atoms with E-state index in [-0.39, 0.29) is 10.6 Å². The van der Waals surface area contributed by atoms with Crippen LogP contribution in [0.25, 0.3) is 0 Å². The standard InChI is InChI=1S/C16H17ClO4S/c1-10-9-13(5-6-14(10)17)21-22(18,19)16-8-7-15(20-4)11(2)12(16)3/h5-9H,1-4H3. The number of ether oxygens (including phenoxy) is 1. The van der Waals surface area contributed by atoms with Gasteiger partial charge in [-0.15, -0.1) is 0 Å². The highest BCUT2D eigenvalue weighted by molar-refractivity contribution is 7.87. The van der Waals surface area contributed by atoms with Gasteiger partial charge in [0.25, 0.3) is 0 Å². The molecule has 118 valence electrons. The first-order valence-electron chi connectivity index (χ1n) is 6.61. The van der Waals surface area contributed by atoms with Crippen LogP contribution >= 0.6 is 11.6 Å². The van der Waals surface area contributed by atoms with Gasteiger partial charge >= 0.3 is 10.1 Å². The van der Waals surface area contributed by atoms with Crippen molar-refractivity contribution in [2.24, 2.45) is 0 Å². The van der Waals surface area contributed by atoms with Gasteiger partial charge in [-0.1, -0.05) is 11.6 Å². The SMILES string of the molecule is COc1ccc(S(=O)(=O)Oc2ccc(Cl)c(C)c2)c(C)c1C. The average Bonchev–Trinajstić information content (AvgIpc) is 2.45. The Morgan fingerprint density at radius 2 is 1.68 bits per heavy atom. The third-order valence-corrected chi connectivity index (χ3v) is 5.33. The minimum Gasteiger partial charge on any atom is -0.496 e. The smallest absolute Gasteiger partial charge is 0.339 e. The molecule has 2 rings (SSSR count). The Hall–Kier alpha value is -1.72. The summed E-state index contributed by atoms with van der Waals surface area (Å²) < 4.78 is 35.3. The first kappa shape index (κ1) is 16.6. The first-order chi connectivity index (χ1) is 10.3. The molecule has 0 atom stereocenters. The van der Waals surface area contributed by atoms with Crippen molar-refractivity contribution >= 4 is 21.7 Å². The van der Waals surface area contributed by atoms with Crippen LogP contribution in [0.15, 0.2) is 35.2 Å². The number of aryl methyl sites for hydroxylation is 1. The van der Waals surface area contributed by atoms with Crippen molar-refractivity contribution in [3.8, 4) is 11.5 Å². The number of methoxy groups -OCH3 is 1. The van der Waals surface area contributed by atoms with Gasteiger partial charge < -0.3 is 8.92 Å². The van der Waals surface area contributed by atoms with Crippen LogP contribution in [0, 0.1) is 20.8 Å². The van der Waals surface area contributed by atoms with Crippen molar-refractivity contribution in [2.75, 3.05) is 7.11 Å². The summed E-state index contributed by atoms with van der Waals surface area (Å²) in [5, 5.41) is 0.557. The van der Waals surface area contributed by atoms with Gasteiger partial charge in [0.15, 0.2) is 0 Å². The second-order valence-corrected chi connectivity index (χ2v) is 6.89. The van der Waals surface area contributed by atoms with Gasteiger partial charge in [-0.2, -0.15) is 8.42 Å². The molecule has 0 radical (unpaired) electrons. The molecule has 0 amide bonds. The quantitative estimate of drug-likeness (QED) is 0.788. The molecule has 22 heavy (non-hydrogen) atoms. The van der Waals surface area contributed by atoms with E-state index in [9.17, 15) is 8.42 Å². The molecule has 0 spiro atoms. The van der Waals surface area contributed by atoms with Crippen LogP contribution in [0.2, 0.25) is 5.02 Å². The summed E-state index contributed by atoms with van der Waals surface area (Å²) in [6, 6.07) is 7.82. The van der Waals surface area contributed by atoms with Gasteiger partial charge in [-0.05, 0) is 67.8 Å². The Morgan fingerprint density at radius 3 is 2.27 bits per heavy atom. The zero-order chi connectivity index (χ0) is 16.5. The molecule has 0 heterocycles. The van der Waals surface area contributed by atoms with Gasteiger partial charge in [-0.25, -0.2) is 0 Å². The lowest BCUT2D eigenvalue weighted by Crippen LogP contribution is -2.12. The second-order valence-electron chi connectivity index (χ2n) is 4.96. The van der Waals surface area contributed by atoms with E-state index < -0.39 is 10.1 Å². The summed E-state index contributed by atoms with van der Waals surface area (Å²) >= 11 is 5.93. The molecule has 6 heteroatoms. The maximum atomic E-state index is 12.5. The molecule has 0 saturated heterocycles. The second kappa shape index (κ2) is 6.18. The van der Waals surface area contributed by atoms with E-state index >= 15 is 0 Å². The minimum atomic E-state index is -3.92. The summed E-state index contributed by atoms with van der Waals surface area (Å²) in [6.07, 6.45) is 0. The van der Waals surface area contributed by atoms with Crippen LogP contribution in [-0.4, -0.2) is 15.5 Å². The molecule has 0 saturated carbocycles. The third-order valence-electron chi connectivity index (χ3n) is 3.51. The molecule has 0 bridgehead atoms. The number of rotatable bonds is 4. The lowest BCUT2D eigenvalue weighted by atomic mass is 10.1. The van der Waals surface area contributed by atoms with Crippen LogP contribution in [0.4, 0.5) is 0 Å². The molecule has 0 N–H and O–H groups in total. The monoisotopic (exact) mass is 340 g/mol. The van der Waals surface area contributed by atoms with E-state index in [4.69, 9.17) is 20.5 Å². The number of benzene rings is 2. The Kier molecular flexibility index (Phi) is 4.68. The predicted octanol–water partition coefficient (Wildman–Crippen LogP) is 4.04. The largest absolute Gasteiger partial charge is 0.496 e. The topological polar surface area (TPSA) is 52.6 Å². The van der Waals surface area contributed by atoms with Crippen LogP contribution in [0.1, 0.15) is 16.7 Å². The molecule has 0 aliphatic carbocycles. The molecular formula is C16H17ClO4S. The molecule has 2 aromatic carbocycles. The maximum absolute atomic E-state index is 12.5. The fraction of sp³-hybridized carbons (Fsp3) is 0.250. The van der Waals surface area contributed by atoms with Crippen LogP contribution < -0.4 is 8.92 Å². The third kappa shape index (κ3) is 3.20. The fourth-order valence-electron chi connectivity index (χ4n) is 2.10. The van der Waals surface area contributed by atoms with Crippen LogP contribution in [-0.2, 0) is 10.1 Å². The normalized spacial score (nSPS) is 11.3. The summed E-state index contributed by atoms with van der Waals surface area (Å²) in [5.74, 6) is 0.869. The van der Waals surface area contributed by atoms with Crippen molar-refractivity contribution in [1.82, 2.24) is 0 Å². The first-order valence-corrected chi connectivity index (χ1v) is 8.39. The van der Waals surface area contributed by atoms with Gasteiger partial charge in [0, 0.05) is 5.02 Å². The molecule has 0 fully saturated rings. The van der Waals surface area contributed by atoms with E-state index in [0.29, 0.717) is 16.3 Å². The minimum absolute atomic E-state index is 0.124. The zero-order valence-electron chi connectivity index (χ0n) is 12.8. The van der Waals surface area contributed by atoms with Crippen molar-refractivity contribution in [3.05, 3.63) is 52.0 Å². The molecular weight excluding hydrogens is 324 g/mol. The van der Waals surface area contributed by atoms with E-state index in [2.05, 4.69) is 0 Å². The molecule has 2 aromatic rings. The van der Waals surface area contributed by atoms with Crippen molar-refractivity contribution < 1.29 is 17.3 Å². The predicted molar refractivity (Wildman–Crippen MR) is 86.5 cm³/mol. The highest BCUT2D eigenvalue weighted by Crippen LogP contribution is 2.29. The Bertz CT molecular complexity index is 813. The van der Waals surface area contributed by atoms with Crippen LogP contribution in [0.3, 0.4) is 0 Å². The maximum Gasteiger partial charge on any atom is 0.339 e. The van der Waals surface area contributed by atoms with E-state index in [1.807, 2.05) is 0 Å². The number of halogens is 1. The molecule has 0 unspecified atom stereocenters. The Balaban J connectivity index is 2.42. The lowest BCUT2D eigenvalue weighted by molar-refractivity contribution is 0.410. The molecule has 0 aromatic heterocycles. The zero-order valence-corrected chi connectivity index (χ0v) is 14.4. The average molecular weight is 341 g/mol. The van der Waals surface area contributed by atoms with Gasteiger partial charge in [0.2, 0.25) is 0 Å². The summed E-state index contributed by atoms with van der Waals surface area (Å²) in [7, 11) is -2.38. The van der Waals surface area contributed by atoms with Crippen molar-refractivity contribution in [3.63, 3.8) is 0 Å². The van der Waals surface area contributed by atoms with E-state index in [0.717, 1.165) is 11.1 Å². The molecule has 0 aliphatic heterocycles. The van der Waals surface area contributed by atoms with Gasteiger partial charge in [-0.3, -0.25) is 0 Å². The fourth-order valence-corrected chi connectivity index (χ4v) is 3.43. The lowest BCUT2D eigenvalue weighted by Gasteiger charge is -2.14. The summed E-state index contributed by atoms with van der Waals surface area (Å²) in [6.45, 7) is 5.31. The molecule has 0 aliphatic rings. The van der Waals surface area contributed by atoms with Gasteiger partial charge in [0.05, 0.1) is 7.11 Å². The van der Waals surface area contributed by atoms with E-state index in [1.165, 1.54) is 12.1 Å². The highest BCUT2D eigenvalue weighted by atomic mass is 35.5. The van der Waals surface area contributed by atoms with Crippen molar-refractivity contribution in [2.45, 2.75) is 25.7 Å². The number of hydrogen-bond acceptors (Lipinski definition) is 4. The summed E-state index contributed by atoms with van der Waals surface area (Å²) in [5.41, 5.74) is 2.11. The molecule has 4 nitrogen and oxygen atoms in total. The Labute approximate surface area is 135 Å².